The van der Waals surface area contributed by atoms with Crippen molar-refractivity contribution >= 4 is 6.01 Å². The van der Waals surface area contributed by atoms with Crippen molar-refractivity contribution in [2.75, 3.05) is 13.6 Å². The van der Waals surface area contributed by atoms with Gasteiger partial charge in [0, 0.05) is 7.05 Å². The van der Waals surface area contributed by atoms with Crippen LogP contribution in [0.4, 0.5) is 0 Å². The largest absolute Gasteiger partial charge is 0.229 e. The number of hydrogen-bond acceptors (Lipinski definition) is 2. The highest BCUT2D eigenvalue weighted by molar-refractivity contribution is 5.40. The molecule has 1 aliphatic carbocycles. The Bertz CT molecular complexity index is 274. The minimum absolute atomic E-state index is 0.346. The van der Waals surface area contributed by atoms with Gasteiger partial charge in [-0.3, -0.25) is 0 Å². The molecule has 1 fully saturated rings. The van der Waals surface area contributed by atoms with E-state index in [1.807, 2.05) is 0 Å². The molecule has 0 saturated heterocycles. The molecule has 86 valence electrons. The average molecular weight is 208 g/mol. The molecule has 1 saturated carbocycles. The normalized spacial score (nSPS) is 34.3. The highest BCUT2D eigenvalue weighted by atomic mass is 14.8. The predicted molar refractivity (Wildman–Crippen MR) is 65.6 cm³/mol. The van der Waals surface area contributed by atoms with Gasteiger partial charge in [-0.05, 0) is 36.0 Å². The van der Waals surface area contributed by atoms with Gasteiger partial charge in [-0.25, -0.2) is 9.98 Å². The fourth-order valence-electron chi connectivity index (χ4n) is 3.57. The molecule has 2 atom stereocenters. The van der Waals surface area contributed by atoms with Crippen molar-refractivity contribution < 1.29 is 0 Å². The van der Waals surface area contributed by atoms with Gasteiger partial charge in [-0.2, -0.15) is 0 Å². The maximum absolute atomic E-state index is 4.27. The summed E-state index contributed by atoms with van der Waals surface area (Å²) in [4.78, 5) is 8.06. The van der Waals surface area contributed by atoms with Crippen molar-refractivity contribution in [2.45, 2.75) is 47.0 Å². The van der Waals surface area contributed by atoms with E-state index in [0.29, 0.717) is 10.8 Å². The van der Waals surface area contributed by atoms with Crippen molar-refractivity contribution in [3.63, 3.8) is 0 Å². The molecule has 0 aromatic heterocycles. The molecule has 2 heteroatoms. The Balaban J connectivity index is 2.70. The Morgan fingerprint density at radius 2 is 1.93 bits per heavy atom. The van der Waals surface area contributed by atoms with Crippen LogP contribution < -0.4 is 0 Å². The third-order valence-electron chi connectivity index (χ3n) is 3.28. The van der Waals surface area contributed by atoms with Crippen molar-refractivity contribution in [2.24, 2.45) is 26.7 Å². The van der Waals surface area contributed by atoms with Crippen molar-refractivity contribution in [3.8, 4) is 0 Å². The molecule has 0 aromatic carbocycles. The number of nitrogens with zero attached hydrogens (tertiary/aromatic N) is 2. The smallest absolute Gasteiger partial charge is 0.0889 e. The first kappa shape index (κ1) is 12.4. The zero-order valence-corrected chi connectivity index (χ0v) is 10.8. The van der Waals surface area contributed by atoms with Gasteiger partial charge in [0.2, 0.25) is 0 Å². The molecule has 0 aliphatic heterocycles. The molecule has 0 N–H and O–H groups in total. The summed E-state index contributed by atoms with van der Waals surface area (Å²) >= 11 is 0. The second-order valence-corrected chi connectivity index (χ2v) is 6.30. The summed E-state index contributed by atoms with van der Waals surface area (Å²) in [6, 6.07) is 2.71. The van der Waals surface area contributed by atoms with E-state index in [1.165, 1.54) is 19.3 Å². The Kier molecular flexibility index (Phi) is 3.72. The third-order valence-corrected chi connectivity index (χ3v) is 3.28. The van der Waals surface area contributed by atoms with Crippen LogP contribution in [0.1, 0.15) is 47.0 Å². The Morgan fingerprint density at radius 3 is 2.47 bits per heavy atom. The molecule has 0 amide bonds. The van der Waals surface area contributed by atoms with Gasteiger partial charge in [-0.1, -0.05) is 27.7 Å². The fraction of sp³-hybridized carbons (Fsp3) is 0.923. The standard InChI is InChI=1S/C13H24N2/c1-11-6-12(2,3)8-13(4,7-11)9-15-10-14-5/h11H,6-9H2,1-5H3. The number of hydrogen-bond donors (Lipinski definition) is 0. The summed E-state index contributed by atoms with van der Waals surface area (Å²) in [6.07, 6.45) is 3.89. The van der Waals surface area contributed by atoms with E-state index in [-0.39, 0.29) is 0 Å². The molecule has 1 aliphatic rings. The maximum Gasteiger partial charge on any atom is 0.0889 e. The highest BCUT2D eigenvalue weighted by Crippen LogP contribution is 2.48. The van der Waals surface area contributed by atoms with Gasteiger partial charge >= 0.3 is 0 Å². The minimum Gasteiger partial charge on any atom is -0.229 e. The average Bonchev–Trinajstić information content (AvgIpc) is 1.98. The fourth-order valence-corrected chi connectivity index (χ4v) is 3.57. The summed E-state index contributed by atoms with van der Waals surface area (Å²) in [5.74, 6) is 0.813. The summed E-state index contributed by atoms with van der Waals surface area (Å²) < 4.78 is 0. The van der Waals surface area contributed by atoms with Crippen molar-refractivity contribution in [1.29, 1.82) is 0 Å². The van der Waals surface area contributed by atoms with E-state index in [0.717, 1.165) is 12.5 Å². The van der Waals surface area contributed by atoms with Crippen LogP contribution in [0.15, 0.2) is 9.98 Å². The van der Waals surface area contributed by atoms with Crippen LogP contribution >= 0.6 is 0 Å². The molecule has 0 heterocycles. The molecule has 2 nitrogen and oxygen atoms in total. The van der Waals surface area contributed by atoms with Gasteiger partial charge in [0.1, 0.15) is 0 Å². The summed E-state index contributed by atoms with van der Waals surface area (Å²) in [7, 11) is 1.72. The predicted octanol–water partition coefficient (Wildman–Crippen LogP) is 3.64. The first-order valence-corrected chi connectivity index (χ1v) is 5.87. The van der Waals surface area contributed by atoms with Crippen LogP contribution in [-0.4, -0.2) is 19.6 Å². The highest BCUT2D eigenvalue weighted by Gasteiger charge is 2.39. The quantitative estimate of drug-likeness (QED) is 0.619. The summed E-state index contributed by atoms with van der Waals surface area (Å²) in [5.41, 5.74) is 0.810. The van der Waals surface area contributed by atoms with E-state index in [2.05, 4.69) is 43.7 Å². The van der Waals surface area contributed by atoms with Gasteiger partial charge in [-0.15, -0.1) is 0 Å². The topological polar surface area (TPSA) is 24.7 Å². The first-order chi connectivity index (χ1) is 6.87. The van der Waals surface area contributed by atoms with E-state index in [4.69, 9.17) is 0 Å². The Morgan fingerprint density at radius 1 is 1.27 bits per heavy atom. The summed E-state index contributed by atoms with van der Waals surface area (Å²) in [5, 5.41) is 0. The molecular formula is C13H24N2. The zero-order chi connectivity index (χ0) is 11.5. The first-order valence-electron chi connectivity index (χ1n) is 5.87. The molecular weight excluding hydrogens is 184 g/mol. The van der Waals surface area contributed by atoms with Crippen LogP contribution in [-0.2, 0) is 0 Å². The Hall–Kier alpha value is -0.620. The van der Waals surface area contributed by atoms with E-state index in [9.17, 15) is 0 Å². The van der Waals surface area contributed by atoms with Crippen molar-refractivity contribution in [1.82, 2.24) is 0 Å². The van der Waals surface area contributed by atoms with Gasteiger partial charge in [0.15, 0.2) is 0 Å². The Labute approximate surface area is 93.9 Å². The molecule has 0 radical (unpaired) electrons. The third kappa shape index (κ3) is 3.79. The second kappa shape index (κ2) is 4.49. The van der Waals surface area contributed by atoms with E-state index < -0.39 is 0 Å². The van der Waals surface area contributed by atoms with Gasteiger partial charge in [0.05, 0.1) is 12.6 Å². The monoisotopic (exact) mass is 208 g/mol. The van der Waals surface area contributed by atoms with Crippen LogP contribution in [0.5, 0.6) is 0 Å². The van der Waals surface area contributed by atoms with Gasteiger partial charge < -0.3 is 0 Å². The lowest BCUT2D eigenvalue weighted by Gasteiger charge is -2.45. The van der Waals surface area contributed by atoms with Crippen LogP contribution in [0.3, 0.4) is 0 Å². The van der Waals surface area contributed by atoms with Gasteiger partial charge in [0.25, 0.3) is 0 Å². The van der Waals surface area contributed by atoms with Crippen LogP contribution in [0, 0.1) is 16.7 Å². The van der Waals surface area contributed by atoms with Crippen LogP contribution in [0.25, 0.3) is 0 Å². The van der Waals surface area contributed by atoms with Crippen LogP contribution in [0.2, 0.25) is 0 Å². The molecule has 0 spiro atoms. The SMILES string of the molecule is CN=C=NCC1(C)CC(C)CC(C)(C)C1. The number of aliphatic imine (C=N–C) groups is 2. The summed E-state index contributed by atoms with van der Waals surface area (Å²) in [6.45, 7) is 10.3. The maximum atomic E-state index is 4.27. The zero-order valence-electron chi connectivity index (χ0n) is 10.8. The lowest BCUT2D eigenvalue weighted by molar-refractivity contribution is 0.0681. The minimum atomic E-state index is 0.346. The lowest BCUT2D eigenvalue weighted by atomic mass is 9.61. The molecule has 0 aromatic rings. The molecule has 2 unspecified atom stereocenters. The van der Waals surface area contributed by atoms with E-state index in [1.54, 1.807) is 7.05 Å². The number of rotatable bonds is 2. The molecule has 15 heavy (non-hydrogen) atoms. The van der Waals surface area contributed by atoms with E-state index >= 15 is 0 Å². The van der Waals surface area contributed by atoms with Crippen molar-refractivity contribution in [3.05, 3.63) is 0 Å². The second-order valence-electron chi connectivity index (χ2n) is 6.30. The molecule has 0 bridgehead atoms. The molecule has 1 rings (SSSR count). The lowest BCUT2D eigenvalue weighted by Crippen LogP contribution is -2.36.